The second kappa shape index (κ2) is 5.42. The van der Waals surface area contributed by atoms with Gasteiger partial charge in [0.2, 0.25) is 0 Å². The monoisotopic (exact) mass is 246 g/mol. The first-order chi connectivity index (χ1) is 8.61. The number of carbonyl (C=O) groups excluding carboxylic acids is 1. The van der Waals surface area contributed by atoms with E-state index >= 15 is 0 Å². The predicted octanol–water partition coefficient (Wildman–Crippen LogP) is 3.57. The fourth-order valence-corrected chi connectivity index (χ4v) is 2.86. The van der Waals surface area contributed by atoms with Crippen LogP contribution in [0.5, 0.6) is 0 Å². The summed E-state index contributed by atoms with van der Waals surface area (Å²) in [5, 5.41) is 2.78. The molecule has 1 aliphatic rings. The lowest BCUT2D eigenvalue weighted by Gasteiger charge is -2.16. The van der Waals surface area contributed by atoms with Gasteiger partial charge in [-0.3, -0.25) is 0 Å². The van der Waals surface area contributed by atoms with Crippen LogP contribution < -0.4 is 11.1 Å². The van der Waals surface area contributed by atoms with Gasteiger partial charge < -0.3 is 11.1 Å². The molecular weight excluding hydrogens is 224 g/mol. The van der Waals surface area contributed by atoms with Crippen LogP contribution in [0.1, 0.15) is 55.7 Å². The molecule has 2 rings (SSSR count). The number of carbonyl (C=O) groups is 1. The number of rotatable bonds is 4. The van der Waals surface area contributed by atoms with Crippen LogP contribution in [0.15, 0.2) is 12.1 Å². The molecule has 1 aromatic rings. The van der Waals surface area contributed by atoms with Crippen molar-refractivity contribution in [3.63, 3.8) is 0 Å². The number of anilines is 1. The highest BCUT2D eigenvalue weighted by molar-refractivity contribution is 5.89. The molecule has 1 aliphatic carbocycles. The first-order valence-corrected chi connectivity index (χ1v) is 6.84. The van der Waals surface area contributed by atoms with Crippen molar-refractivity contribution in [3.8, 4) is 0 Å². The highest BCUT2D eigenvalue weighted by Crippen LogP contribution is 2.34. The molecule has 0 heterocycles. The summed E-state index contributed by atoms with van der Waals surface area (Å²) in [6, 6.07) is 3.95. The molecule has 98 valence electrons. The van der Waals surface area contributed by atoms with E-state index in [-0.39, 0.29) is 0 Å². The number of fused-ring (bicyclic) bond motifs is 1. The average molecular weight is 246 g/mol. The third-order valence-corrected chi connectivity index (χ3v) is 3.79. The van der Waals surface area contributed by atoms with Crippen molar-refractivity contribution in [2.24, 2.45) is 5.73 Å². The van der Waals surface area contributed by atoms with Crippen LogP contribution in [0.3, 0.4) is 0 Å². The van der Waals surface area contributed by atoms with E-state index in [0.717, 1.165) is 18.5 Å². The molecule has 3 heteroatoms. The normalized spacial score (nSPS) is 15.2. The Morgan fingerprint density at radius 1 is 1.44 bits per heavy atom. The first-order valence-electron chi connectivity index (χ1n) is 6.84. The zero-order valence-corrected chi connectivity index (χ0v) is 11.3. The van der Waals surface area contributed by atoms with Crippen molar-refractivity contribution in [1.82, 2.24) is 0 Å². The molecule has 0 fully saturated rings. The minimum atomic E-state index is -0.468. The van der Waals surface area contributed by atoms with Crippen LogP contribution >= 0.6 is 0 Å². The van der Waals surface area contributed by atoms with Crippen LogP contribution in [0, 0.1) is 0 Å². The molecule has 3 N–H and O–H groups in total. The predicted molar refractivity (Wildman–Crippen MR) is 75.0 cm³/mol. The number of amides is 2. The van der Waals surface area contributed by atoms with Gasteiger partial charge in [0.05, 0.1) is 0 Å². The van der Waals surface area contributed by atoms with Gasteiger partial charge in [-0.25, -0.2) is 4.79 Å². The van der Waals surface area contributed by atoms with Crippen LogP contribution in [0.2, 0.25) is 0 Å². The summed E-state index contributed by atoms with van der Waals surface area (Å²) in [7, 11) is 0. The topological polar surface area (TPSA) is 55.1 Å². The number of benzene rings is 1. The van der Waals surface area contributed by atoms with Gasteiger partial charge >= 0.3 is 6.03 Å². The highest BCUT2D eigenvalue weighted by Gasteiger charge is 2.18. The summed E-state index contributed by atoms with van der Waals surface area (Å²) in [5.41, 5.74) is 10.2. The van der Waals surface area contributed by atoms with Crippen LogP contribution in [-0.4, -0.2) is 6.03 Å². The lowest BCUT2D eigenvalue weighted by atomic mass is 9.92. The number of hydrogen-bond donors (Lipinski definition) is 2. The summed E-state index contributed by atoms with van der Waals surface area (Å²) < 4.78 is 0. The van der Waals surface area contributed by atoms with E-state index in [1.165, 1.54) is 36.0 Å². The Bertz CT molecular complexity index is 454. The van der Waals surface area contributed by atoms with Crippen LogP contribution in [0.4, 0.5) is 10.5 Å². The third kappa shape index (κ3) is 2.66. The van der Waals surface area contributed by atoms with Gasteiger partial charge in [0, 0.05) is 5.69 Å². The van der Waals surface area contributed by atoms with Crippen LogP contribution in [0.25, 0.3) is 0 Å². The molecule has 1 unspecified atom stereocenters. The van der Waals surface area contributed by atoms with Crippen LogP contribution in [-0.2, 0) is 12.8 Å². The first kappa shape index (κ1) is 12.9. The van der Waals surface area contributed by atoms with Gasteiger partial charge in [-0.05, 0) is 54.4 Å². The van der Waals surface area contributed by atoms with Gasteiger partial charge in [0.1, 0.15) is 0 Å². The number of nitrogens with two attached hydrogens (primary N) is 1. The second-order valence-electron chi connectivity index (χ2n) is 5.24. The summed E-state index contributed by atoms with van der Waals surface area (Å²) >= 11 is 0. The van der Waals surface area contributed by atoms with Gasteiger partial charge in [-0.2, -0.15) is 0 Å². The van der Waals surface area contributed by atoms with Crippen molar-refractivity contribution in [2.75, 3.05) is 5.32 Å². The Kier molecular flexibility index (Phi) is 3.90. The Balaban J connectivity index is 2.35. The molecule has 0 aromatic heterocycles. The smallest absolute Gasteiger partial charge is 0.316 e. The molecule has 0 saturated carbocycles. The Morgan fingerprint density at radius 3 is 2.89 bits per heavy atom. The lowest BCUT2D eigenvalue weighted by Crippen LogP contribution is -2.20. The van der Waals surface area contributed by atoms with E-state index in [2.05, 4.69) is 31.3 Å². The second-order valence-corrected chi connectivity index (χ2v) is 5.24. The summed E-state index contributed by atoms with van der Waals surface area (Å²) in [6.07, 6.45) is 5.70. The van der Waals surface area contributed by atoms with Gasteiger partial charge in [0.15, 0.2) is 0 Å². The largest absolute Gasteiger partial charge is 0.351 e. The molecule has 1 aromatic carbocycles. The van der Waals surface area contributed by atoms with Crippen molar-refractivity contribution in [1.29, 1.82) is 0 Å². The molecule has 1 atom stereocenters. The molecule has 0 spiro atoms. The number of primary amides is 1. The number of urea groups is 1. The Hall–Kier alpha value is -1.51. The fraction of sp³-hybridized carbons (Fsp3) is 0.533. The fourth-order valence-electron chi connectivity index (χ4n) is 2.86. The highest BCUT2D eigenvalue weighted by atomic mass is 16.2. The molecule has 0 bridgehead atoms. The minimum Gasteiger partial charge on any atom is -0.351 e. The summed E-state index contributed by atoms with van der Waals surface area (Å²) in [5.74, 6) is 0.536. The SMILES string of the molecule is CCCC(C)c1cc2c(c(NC(N)=O)c1)CCC2. The molecule has 0 radical (unpaired) electrons. The standard InChI is InChI=1S/C15H22N2O/c1-3-5-10(2)12-8-11-6-4-7-13(11)14(9-12)17-15(16)18/h8-10H,3-7H2,1-2H3,(H3,16,17,18). The maximum Gasteiger partial charge on any atom is 0.316 e. The van der Waals surface area contributed by atoms with E-state index in [9.17, 15) is 4.79 Å². The van der Waals surface area contributed by atoms with E-state index in [4.69, 9.17) is 5.73 Å². The number of aryl methyl sites for hydroxylation is 1. The van der Waals surface area contributed by atoms with Gasteiger partial charge in [-0.1, -0.05) is 26.3 Å². The molecular formula is C15H22N2O. The third-order valence-electron chi connectivity index (χ3n) is 3.79. The van der Waals surface area contributed by atoms with E-state index in [0.29, 0.717) is 5.92 Å². The molecule has 3 nitrogen and oxygen atoms in total. The molecule has 18 heavy (non-hydrogen) atoms. The molecule has 2 amide bonds. The number of nitrogens with one attached hydrogen (secondary N) is 1. The minimum absolute atomic E-state index is 0.468. The maximum absolute atomic E-state index is 11.1. The quantitative estimate of drug-likeness (QED) is 0.838. The van der Waals surface area contributed by atoms with Gasteiger partial charge in [-0.15, -0.1) is 0 Å². The Morgan fingerprint density at radius 2 is 2.22 bits per heavy atom. The van der Waals surface area contributed by atoms with Crippen molar-refractivity contribution in [3.05, 3.63) is 28.8 Å². The summed E-state index contributed by atoms with van der Waals surface area (Å²) in [6.45, 7) is 4.45. The van der Waals surface area contributed by atoms with E-state index in [1.54, 1.807) is 0 Å². The van der Waals surface area contributed by atoms with Crippen molar-refractivity contribution >= 4 is 11.7 Å². The lowest BCUT2D eigenvalue weighted by molar-refractivity contribution is 0.259. The zero-order chi connectivity index (χ0) is 13.1. The Labute approximate surface area is 109 Å². The van der Waals surface area contributed by atoms with E-state index in [1.807, 2.05) is 0 Å². The molecule has 0 aliphatic heterocycles. The van der Waals surface area contributed by atoms with E-state index < -0.39 is 6.03 Å². The van der Waals surface area contributed by atoms with Crippen molar-refractivity contribution < 1.29 is 4.79 Å². The van der Waals surface area contributed by atoms with Crippen molar-refractivity contribution in [2.45, 2.75) is 51.9 Å². The molecule has 0 saturated heterocycles. The number of hydrogen-bond acceptors (Lipinski definition) is 1. The van der Waals surface area contributed by atoms with Gasteiger partial charge in [0.25, 0.3) is 0 Å². The zero-order valence-electron chi connectivity index (χ0n) is 11.3. The average Bonchev–Trinajstić information content (AvgIpc) is 2.76. The summed E-state index contributed by atoms with van der Waals surface area (Å²) in [4.78, 5) is 11.1. The maximum atomic E-state index is 11.1.